The van der Waals surface area contributed by atoms with Crippen LogP contribution in [0, 0.1) is 6.92 Å². The van der Waals surface area contributed by atoms with Gasteiger partial charge in [0.15, 0.2) is 10.9 Å². The van der Waals surface area contributed by atoms with Crippen LogP contribution in [0.15, 0.2) is 34.8 Å². The van der Waals surface area contributed by atoms with E-state index in [0.717, 1.165) is 5.69 Å². The number of nitrogens with one attached hydrogen (secondary N) is 2. The van der Waals surface area contributed by atoms with Crippen molar-refractivity contribution in [2.24, 2.45) is 5.84 Å². The number of anilines is 2. The maximum Gasteiger partial charge on any atom is 0.283 e. The normalized spacial score (nSPS) is 11.7. The molecule has 0 aliphatic rings. The van der Waals surface area contributed by atoms with Gasteiger partial charge in [0.2, 0.25) is 5.03 Å². The van der Waals surface area contributed by atoms with Crippen LogP contribution in [0.2, 0.25) is 0 Å². The Morgan fingerprint density at radius 3 is 2.81 bits per heavy atom. The lowest BCUT2D eigenvalue weighted by Gasteiger charge is -2.06. The summed E-state index contributed by atoms with van der Waals surface area (Å²) in [6.07, 6.45) is 1.60. The van der Waals surface area contributed by atoms with E-state index in [0.29, 0.717) is 10.8 Å². The molecular formula is C11H12N6O2S2. The molecule has 0 aliphatic carbocycles. The number of hydrazine groups is 1. The predicted molar refractivity (Wildman–Crippen MR) is 80.7 cm³/mol. The summed E-state index contributed by atoms with van der Waals surface area (Å²) in [6.45, 7) is 1.79. The molecule has 0 spiro atoms. The van der Waals surface area contributed by atoms with E-state index >= 15 is 0 Å². The van der Waals surface area contributed by atoms with Gasteiger partial charge < -0.3 is 5.43 Å². The summed E-state index contributed by atoms with van der Waals surface area (Å²) in [5.74, 6) is 5.45. The van der Waals surface area contributed by atoms with Crippen molar-refractivity contribution in [1.29, 1.82) is 0 Å². The fourth-order valence-corrected chi connectivity index (χ4v) is 4.09. The molecule has 0 atom stereocenters. The Labute approximate surface area is 124 Å². The van der Waals surface area contributed by atoms with Gasteiger partial charge in [-0.2, -0.15) is 8.42 Å². The van der Waals surface area contributed by atoms with Gasteiger partial charge in [-0.1, -0.05) is 6.07 Å². The quantitative estimate of drug-likeness (QED) is 0.490. The summed E-state index contributed by atoms with van der Waals surface area (Å²) in [7, 11) is -3.87. The van der Waals surface area contributed by atoms with Gasteiger partial charge in [-0.05, 0) is 19.1 Å². The first-order valence-corrected chi connectivity index (χ1v) is 8.26. The van der Waals surface area contributed by atoms with Crippen molar-refractivity contribution >= 4 is 38.0 Å². The number of hydrogen-bond acceptors (Lipinski definition) is 7. The van der Waals surface area contributed by atoms with Crippen LogP contribution in [0.25, 0.3) is 5.65 Å². The first-order valence-electron chi connectivity index (χ1n) is 5.90. The van der Waals surface area contributed by atoms with Crippen molar-refractivity contribution in [2.45, 2.75) is 11.9 Å². The van der Waals surface area contributed by atoms with Crippen LogP contribution < -0.4 is 16.0 Å². The highest BCUT2D eigenvalue weighted by atomic mass is 32.2. The highest BCUT2D eigenvalue weighted by molar-refractivity contribution is 7.93. The molecule has 3 aromatic rings. The highest BCUT2D eigenvalue weighted by Gasteiger charge is 2.25. The molecule has 0 bridgehead atoms. The average Bonchev–Trinajstić information content (AvgIpc) is 3.01. The number of nitrogens with two attached hydrogens (primary N) is 1. The van der Waals surface area contributed by atoms with E-state index in [9.17, 15) is 8.42 Å². The molecule has 3 heterocycles. The molecular weight excluding hydrogens is 312 g/mol. The molecule has 3 aromatic heterocycles. The molecule has 0 saturated heterocycles. The zero-order valence-corrected chi connectivity index (χ0v) is 12.6. The van der Waals surface area contributed by atoms with Crippen molar-refractivity contribution in [3.05, 3.63) is 35.5 Å². The fourth-order valence-electron chi connectivity index (χ4n) is 1.89. The topological polar surface area (TPSA) is 114 Å². The third-order valence-corrected chi connectivity index (χ3v) is 5.08. The molecule has 4 N–H and O–H groups in total. The van der Waals surface area contributed by atoms with Crippen molar-refractivity contribution < 1.29 is 8.42 Å². The van der Waals surface area contributed by atoms with Crippen LogP contribution in [-0.2, 0) is 10.0 Å². The second kappa shape index (κ2) is 4.98. The molecule has 21 heavy (non-hydrogen) atoms. The first-order chi connectivity index (χ1) is 10.0. The number of aryl methyl sites for hydroxylation is 1. The lowest BCUT2D eigenvalue weighted by molar-refractivity contribution is 0.597. The van der Waals surface area contributed by atoms with E-state index in [1.807, 2.05) is 0 Å². The lowest BCUT2D eigenvalue weighted by Crippen LogP contribution is -2.18. The predicted octanol–water partition coefficient (Wildman–Crippen LogP) is 1.19. The third-order valence-electron chi connectivity index (χ3n) is 2.72. The molecule has 0 saturated carbocycles. The first kappa shape index (κ1) is 13.8. The molecule has 0 radical (unpaired) electrons. The summed E-state index contributed by atoms with van der Waals surface area (Å²) in [4.78, 5) is 8.22. The van der Waals surface area contributed by atoms with Gasteiger partial charge in [0.05, 0.1) is 5.69 Å². The highest BCUT2D eigenvalue weighted by Crippen LogP contribution is 2.25. The van der Waals surface area contributed by atoms with Crippen LogP contribution in [-0.4, -0.2) is 22.8 Å². The van der Waals surface area contributed by atoms with Crippen LogP contribution in [0.4, 0.5) is 10.9 Å². The summed E-state index contributed by atoms with van der Waals surface area (Å²) in [5.41, 5.74) is 3.53. The Morgan fingerprint density at radius 2 is 2.14 bits per heavy atom. The standard InChI is InChI=1S/C11H12N6O2S2/c1-7-6-20-11(13-7)16-21(18,19)10-9(15-12)14-8-4-2-3-5-17(8)10/h2-6,15H,12H2,1H3,(H,13,16). The Kier molecular flexibility index (Phi) is 3.27. The lowest BCUT2D eigenvalue weighted by atomic mass is 10.5. The number of pyridine rings is 1. The van der Waals surface area contributed by atoms with Gasteiger partial charge in [0, 0.05) is 11.6 Å². The molecule has 10 heteroatoms. The van der Waals surface area contributed by atoms with Crippen molar-refractivity contribution in [2.75, 3.05) is 10.1 Å². The second-order valence-corrected chi connectivity index (χ2v) is 6.69. The SMILES string of the molecule is Cc1csc(NS(=O)(=O)c2c(NN)nc3ccccn23)n1. The number of rotatable bonds is 4. The summed E-state index contributed by atoms with van der Waals surface area (Å²) in [5, 5.41) is 1.99. The van der Waals surface area contributed by atoms with E-state index in [1.165, 1.54) is 15.7 Å². The van der Waals surface area contributed by atoms with Crippen LogP contribution in [0.1, 0.15) is 5.69 Å². The van der Waals surface area contributed by atoms with E-state index in [2.05, 4.69) is 20.1 Å². The summed E-state index contributed by atoms with van der Waals surface area (Å²) >= 11 is 1.21. The molecule has 0 amide bonds. The number of imidazole rings is 1. The van der Waals surface area contributed by atoms with E-state index in [-0.39, 0.29) is 10.8 Å². The number of thiazole rings is 1. The maximum atomic E-state index is 12.6. The van der Waals surface area contributed by atoms with Crippen LogP contribution >= 0.6 is 11.3 Å². The Bertz CT molecular complexity index is 898. The molecule has 0 unspecified atom stereocenters. The molecule has 110 valence electrons. The maximum absolute atomic E-state index is 12.6. The van der Waals surface area contributed by atoms with Gasteiger partial charge in [-0.25, -0.2) is 15.8 Å². The van der Waals surface area contributed by atoms with Crippen molar-refractivity contribution in [1.82, 2.24) is 14.4 Å². The van der Waals surface area contributed by atoms with Crippen LogP contribution in [0.3, 0.4) is 0 Å². The summed E-state index contributed by atoms with van der Waals surface area (Å²) in [6, 6.07) is 5.16. The van der Waals surface area contributed by atoms with Crippen molar-refractivity contribution in [3.63, 3.8) is 0 Å². The van der Waals surface area contributed by atoms with Gasteiger partial charge in [0.1, 0.15) is 5.65 Å². The van der Waals surface area contributed by atoms with Gasteiger partial charge in [-0.15, -0.1) is 11.3 Å². The van der Waals surface area contributed by atoms with Crippen LogP contribution in [0.5, 0.6) is 0 Å². The van der Waals surface area contributed by atoms with E-state index in [4.69, 9.17) is 5.84 Å². The second-order valence-electron chi connectivity index (χ2n) is 4.24. The van der Waals surface area contributed by atoms with Gasteiger partial charge >= 0.3 is 0 Å². The Balaban J connectivity index is 2.13. The number of fused-ring (bicyclic) bond motifs is 1. The summed E-state index contributed by atoms with van der Waals surface area (Å²) < 4.78 is 29.0. The molecule has 0 aliphatic heterocycles. The molecule has 0 fully saturated rings. The monoisotopic (exact) mass is 324 g/mol. The van der Waals surface area contributed by atoms with E-state index in [1.54, 1.807) is 36.7 Å². The van der Waals surface area contributed by atoms with Gasteiger partial charge in [0.25, 0.3) is 10.0 Å². The minimum Gasteiger partial charge on any atom is -0.306 e. The zero-order valence-electron chi connectivity index (χ0n) is 10.9. The average molecular weight is 324 g/mol. The largest absolute Gasteiger partial charge is 0.306 e. The minimum absolute atomic E-state index is 0.0616. The fraction of sp³-hybridized carbons (Fsp3) is 0.0909. The van der Waals surface area contributed by atoms with Gasteiger partial charge in [-0.3, -0.25) is 9.12 Å². The smallest absolute Gasteiger partial charge is 0.283 e. The number of aromatic nitrogens is 3. The number of sulfonamides is 1. The zero-order chi connectivity index (χ0) is 15.0. The number of nitrogen functional groups attached to an aromatic ring is 1. The molecule has 3 rings (SSSR count). The van der Waals surface area contributed by atoms with Crippen molar-refractivity contribution in [3.8, 4) is 0 Å². The van der Waals surface area contributed by atoms with E-state index < -0.39 is 10.0 Å². The molecule has 0 aromatic carbocycles. The molecule has 8 nitrogen and oxygen atoms in total. The third kappa shape index (κ3) is 2.44. The Hall–Kier alpha value is -2.17. The number of nitrogens with zero attached hydrogens (tertiary/aromatic N) is 3. The Morgan fingerprint density at radius 1 is 1.33 bits per heavy atom. The number of hydrogen-bond donors (Lipinski definition) is 3. The minimum atomic E-state index is -3.87.